The molecular weight excluding hydrogens is 877 g/mol. The number of hydrogen-bond donors (Lipinski definition) is 0. The average molecular weight is 929 g/mol. The second-order valence-electron chi connectivity index (χ2n) is 20.9. The molecule has 0 spiro atoms. The molecule has 3 aromatic heterocycles. The molecule has 0 N–H and O–H groups in total. The third-order valence-electron chi connectivity index (χ3n) is 14.2. The van der Waals surface area contributed by atoms with Crippen LogP contribution in [0.2, 0.25) is 0 Å². The topological polar surface area (TPSA) is 72.3 Å². The minimum atomic E-state index is 0.0199. The highest BCUT2D eigenvalue weighted by molar-refractivity contribution is 6.10. The Bertz CT molecular complexity index is 4030. The third-order valence-corrected chi connectivity index (χ3v) is 14.2. The lowest BCUT2D eigenvalue weighted by molar-refractivity contribution is 0.591. The van der Waals surface area contributed by atoms with Gasteiger partial charge in [0, 0.05) is 49.6 Å². The number of hydrogen-bond acceptors (Lipinski definition) is 4. The molecule has 0 aliphatic heterocycles. The molecule has 346 valence electrons. The minimum Gasteiger partial charge on any atom is -0.309 e. The highest BCUT2D eigenvalue weighted by Crippen LogP contribution is 2.42. The number of rotatable bonds is 7. The maximum absolute atomic E-state index is 11.1. The molecule has 0 unspecified atom stereocenters. The Kier molecular flexibility index (Phi) is 10.6. The van der Waals surface area contributed by atoms with Crippen molar-refractivity contribution in [1.29, 1.82) is 5.26 Å². The first-order valence-corrected chi connectivity index (χ1v) is 24.7. The van der Waals surface area contributed by atoms with Gasteiger partial charge >= 0.3 is 0 Å². The van der Waals surface area contributed by atoms with Crippen LogP contribution in [0.4, 0.5) is 0 Å². The van der Waals surface area contributed by atoms with Crippen molar-refractivity contribution in [2.24, 2.45) is 0 Å². The smallest absolute Gasteiger partial charge is 0.165 e. The number of fused-ring (bicyclic) bond motifs is 6. The van der Waals surface area contributed by atoms with Gasteiger partial charge < -0.3 is 9.13 Å². The number of nitriles is 1. The van der Waals surface area contributed by atoms with E-state index in [1.54, 1.807) is 0 Å². The molecule has 0 aliphatic rings. The molecule has 12 rings (SSSR count). The molecule has 0 aliphatic carbocycles. The Morgan fingerprint density at radius 1 is 0.347 bits per heavy atom. The van der Waals surface area contributed by atoms with Crippen molar-refractivity contribution in [3.8, 4) is 73.9 Å². The molecule has 0 bridgehead atoms. The second kappa shape index (κ2) is 17.2. The summed E-state index contributed by atoms with van der Waals surface area (Å²) in [4.78, 5) is 15.2. The molecule has 0 atom stereocenters. The first-order valence-electron chi connectivity index (χ1n) is 24.7. The number of benzene rings is 9. The standard InChI is InChI=1S/C66H52N6/c1-65(2,3)47-29-35-60-56(38-47)51-21-13-15-23-58(51)71(60)49-31-25-42(26-32-49)53-37-46(41-67)55(64-69-62(44-17-9-7-10-18-44)68-63(70-64)45-19-11-8-12-20-45)40-54(53)43-27-33-50(34-28-43)72-59-24-16-14-22-52(59)57-39-48(66(4,5)6)30-36-61(57)72/h7-40H,1-6H3. The second-order valence-corrected chi connectivity index (χ2v) is 20.9. The summed E-state index contributed by atoms with van der Waals surface area (Å²) >= 11 is 0. The van der Waals surface area contributed by atoms with Gasteiger partial charge in [-0.15, -0.1) is 0 Å². The quantitative estimate of drug-likeness (QED) is 0.160. The average Bonchev–Trinajstić information content (AvgIpc) is 3.93. The Morgan fingerprint density at radius 2 is 0.736 bits per heavy atom. The number of aromatic nitrogens is 5. The van der Waals surface area contributed by atoms with Crippen LogP contribution in [0, 0.1) is 11.3 Å². The van der Waals surface area contributed by atoms with E-state index < -0.39 is 0 Å². The summed E-state index contributed by atoms with van der Waals surface area (Å²) in [6, 6.07) is 75.2. The Balaban J connectivity index is 1.04. The third kappa shape index (κ3) is 7.71. The van der Waals surface area contributed by atoms with Gasteiger partial charge in [-0.3, -0.25) is 0 Å². The van der Waals surface area contributed by atoms with Gasteiger partial charge in [-0.2, -0.15) is 5.26 Å². The summed E-state index contributed by atoms with van der Waals surface area (Å²) in [5.74, 6) is 1.50. The minimum absolute atomic E-state index is 0.0199. The fourth-order valence-corrected chi connectivity index (χ4v) is 10.3. The van der Waals surface area contributed by atoms with Gasteiger partial charge in [0.25, 0.3) is 0 Å². The predicted molar refractivity (Wildman–Crippen MR) is 298 cm³/mol. The van der Waals surface area contributed by atoms with Gasteiger partial charge in [0.15, 0.2) is 17.5 Å². The molecule has 0 saturated carbocycles. The first kappa shape index (κ1) is 44.3. The fourth-order valence-electron chi connectivity index (χ4n) is 10.3. The van der Waals surface area contributed by atoms with Crippen molar-refractivity contribution in [3.63, 3.8) is 0 Å². The van der Waals surface area contributed by atoms with Crippen LogP contribution in [0.15, 0.2) is 206 Å². The lowest BCUT2D eigenvalue weighted by Crippen LogP contribution is -2.10. The van der Waals surface area contributed by atoms with E-state index in [1.165, 1.54) is 32.7 Å². The highest BCUT2D eigenvalue weighted by Gasteiger charge is 2.23. The summed E-state index contributed by atoms with van der Waals surface area (Å²) in [7, 11) is 0. The van der Waals surface area contributed by atoms with Gasteiger partial charge in [0.05, 0.1) is 33.7 Å². The molecule has 0 radical (unpaired) electrons. The zero-order valence-corrected chi connectivity index (χ0v) is 41.3. The Hall–Kier alpha value is -8.92. The van der Waals surface area contributed by atoms with Crippen LogP contribution < -0.4 is 0 Å². The predicted octanol–water partition coefficient (Wildman–Crippen LogP) is 16.9. The fraction of sp³-hybridized carbons (Fsp3) is 0.121. The van der Waals surface area contributed by atoms with Crippen LogP contribution in [-0.2, 0) is 10.8 Å². The molecule has 0 amide bonds. The van der Waals surface area contributed by atoms with E-state index in [9.17, 15) is 5.26 Å². The zero-order valence-electron chi connectivity index (χ0n) is 41.3. The SMILES string of the molecule is CC(C)(C)c1ccc2c(c1)c1ccccc1n2-c1ccc(-c2cc(C#N)c(-c3nc(-c4ccccc4)nc(-c4ccccc4)n3)cc2-c2ccc(-n3c4ccccc4c4cc(C(C)(C)C)ccc43)cc2)cc1. The molecule has 12 aromatic rings. The van der Waals surface area contributed by atoms with E-state index in [1.807, 2.05) is 66.7 Å². The largest absolute Gasteiger partial charge is 0.309 e. The van der Waals surface area contributed by atoms with Gasteiger partial charge in [-0.1, -0.05) is 175 Å². The number of nitrogens with zero attached hydrogens (tertiary/aromatic N) is 6. The van der Waals surface area contributed by atoms with Crippen LogP contribution in [0.5, 0.6) is 0 Å². The van der Waals surface area contributed by atoms with E-state index in [2.05, 4.69) is 196 Å². The van der Waals surface area contributed by atoms with E-state index in [4.69, 9.17) is 15.0 Å². The van der Waals surface area contributed by atoms with Crippen molar-refractivity contribution >= 4 is 43.6 Å². The maximum Gasteiger partial charge on any atom is 0.165 e. The Morgan fingerprint density at radius 3 is 1.17 bits per heavy atom. The Labute approximate surface area is 420 Å². The van der Waals surface area contributed by atoms with Gasteiger partial charge in [-0.25, -0.2) is 15.0 Å². The molecule has 0 fully saturated rings. The zero-order chi connectivity index (χ0) is 49.3. The number of para-hydroxylation sites is 2. The van der Waals surface area contributed by atoms with Crippen LogP contribution in [0.1, 0.15) is 58.2 Å². The van der Waals surface area contributed by atoms with E-state index in [0.29, 0.717) is 28.6 Å². The monoisotopic (exact) mass is 928 g/mol. The van der Waals surface area contributed by atoms with Crippen molar-refractivity contribution in [3.05, 3.63) is 223 Å². The molecule has 9 aromatic carbocycles. The molecule has 6 nitrogen and oxygen atoms in total. The van der Waals surface area contributed by atoms with Crippen molar-refractivity contribution in [2.75, 3.05) is 0 Å². The first-order chi connectivity index (χ1) is 34.9. The molecule has 6 heteroatoms. The molecule has 0 saturated heterocycles. The summed E-state index contributed by atoms with van der Waals surface area (Å²) in [6.45, 7) is 13.6. The van der Waals surface area contributed by atoms with Gasteiger partial charge in [-0.05, 0) is 117 Å². The summed E-state index contributed by atoms with van der Waals surface area (Å²) in [5, 5.41) is 16.0. The van der Waals surface area contributed by atoms with Crippen LogP contribution >= 0.6 is 0 Å². The van der Waals surface area contributed by atoms with E-state index in [0.717, 1.165) is 66.8 Å². The molecular formula is C66H52N6. The lowest BCUT2D eigenvalue weighted by atomic mass is 9.86. The van der Waals surface area contributed by atoms with Gasteiger partial charge in [0.1, 0.15) is 0 Å². The maximum atomic E-state index is 11.1. The van der Waals surface area contributed by atoms with Crippen molar-refractivity contribution in [2.45, 2.75) is 52.4 Å². The van der Waals surface area contributed by atoms with Crippen molar-refractivity contribution in [1.82, 2.24) is 24.1 Å². The van der Waals surface area contributed by atoms with Crippen LogP contribution in [0.3, 0.4) is 0 Å². The summed E-state index contributed by atoms with van der Waals surface area (Å²) in [5.41, 5.74) is 16.1. The van der Waals surface area contributed by atoms with E-state index >= 15 is 0 Å². The molecule has 72 heavy (non-hydrogen) atoms. The summed E-state index contributed by atoms with van der Waals surface area (Å²) in [6.07, 6.45) is 0. The highest BCUT2D eigenvalue weighted by atomic mass is 15.0. The molecule has 3 heterocycles. The normalized spacial score (nSPS) is 12.0. The van der Waals surface area contributed by atoms with Crippen molar-refractivity contribution < 1.29 is 0 Å². The summed E-state index contributed by atoms with van der Waals surface area (Å²) < 4.78 is 4.72. The van der Waals surface area contributed by atoms with Gasteiger partial charge in [0.2, 0.25) is 0 Å². The van der Waals surface area contributed by atoms with E-state index in [-0.39, 0.29) is 10.8 Å². The van der Waals surface area contributed by atoms with Crippen LogP contribution in [0.25, 0.3) is 111 Å². The lowest BCUT2D eigenvalue weighted by Gasteiger charge is -2.19. The van der Waals surface area contributed by atoms with Crippen LogP contribution in [-0.4, -0.2) is 24.1 Å².